The van der Waals surface area contributed by atoms with Crippen LogP contribution in [0.25, 0.3) is 0 Å². The van der Waals surface area contributed by atoms with Gasteiger partial charge < -0.3 is 29.7 Å². The number of benzene rings is 3. The number of nitrogens with one attached hydrogen (secondary N) is 2. The fourth-order valence-electron chi connectivity index (χ4n) is 3.54. The molecule has 3 rings (SSSR count). The van der Waals surface area contributed by atoms with E-state index in [0.717, 1.165) is 12.1 Å². The first-order valence-electron chi connectivity index (χ1n) is 12.5. The highest BCUT2D eigenvalue weighted by Gasteiger charge is 2.19. The lowest BCUT2D eigenvalue weighted by Crippen LogP contribution is -2.41. The van der Waals surface area contributed by atoms with Crippen LogP contribution in [0, 0.1) is 17.5 Å². The zero-order chi connectivity index (χ0) is 29.3. The first-order chi connectivity index (χ1) is 18.9. The molecule has 3 aromatic rings. The van der Waals surface area contributed by atoms with Gasteiger partial charge >= 0.3 is 12.1 Å². The van der Waals surface area contributed by atoms with Crippen molar-refractivity contribution in [2.45, 2.75) is 39.5 Å². The quantitative estimate of drug-likeness (QED) is 0.307. The Morgan fingerprint density at radius 2 is 1.60 bits per heavy atom. The highest BCUT2D eigenvalue weighted by molar-refractivity contribution is 5.89. The van der Waals surface area contributed by atoms with Crippen molar-refractivity contribution in [3.8, 4) is 11.5 Å². The van der Waals surface area contributed by atoms with E-state index in [0.29, 0.717) is 22.7 Å². The number of nitrogens with zero attached hydrogens (tertiary/aromatic N) is 1. The number of hydrogen-bond acceptors (Lipinski definition) is 5. The lowest BCUT2D eigenvalue weighted by molar-refractivity contribution is 0.0523. The second-order valence-electron chi connectivity index (χ2n) is 9.80. The minimum atomic E-state index is -0.724. The molecular formula is C29H32F3N3O5. The molecule has 0 unspecified atom stereocenters. The van der Waals surface area contributed by atoms with E-state index in [9.17, 15) is 22.8 Å². The van der Waals surface area contributed by atoms with E-state index in [1.807, 2.05) is 0 Å². The molecular weight excluding hydrogens is 527 g/mol. The molecule has 8 nitrogen and oxygen atoms in total. The molecule has 0 aliphatic carbocycles. The Bertz CT molecular complexity index is 1310. The van der Waals surface area contributed by atoms with Gasteiger partial charge in [-0.25, -0.2) is 22.8 Å². The number of ether oxygens (including phenoxy) is 3. The Hall–Kier alpha value is -4.41. The number of carbonyl (C=O) groups excluding carboxylic acids is 2. The summed E-state index contributed by atoms with van der Waals surface area (Å²) in [5.74, 6) is -1.18. The molecule has 0 aliphatic heterocycles. The molecule has 11 heteroatoms. The first kappa shape index (κ1) is 30.1. The van der Waals surface area contributed by atoms with Gasteiger partial charge in [-0.15, -0.1) is 0 Å². The summed E-state index contributed by atoms with van der Waals surface area (Å²) in [4.78, 5) is 26.6. The van der Waals surface area contributed by atoms with E-state index in [2.05, 4.69) is 10.6 Å². The Morgan fingerprint density at radius 3 is 2.25 bits per heavy atom. The van der Waals surface area contributed by atoms with Crippen LogP contribution in [0.3, 0.4) is 0 Å². The van der Waals surface area contributed by atoms with Crippen molar-refractivity contribution in [2.24, 2.45) is 0 Å². The predicted octanol–water partition coefficient (Wildman–Crippen LogP) is 6.25. The summed E-state index contributed by atoms with van der Waals surface area (Å²) < 4.78 is 56.8. The lowest BCUT2D eigenvalue weighted by atomic mass is 10.2. The molecule has 0 saturated carbocycles. The zero-order valence-electron chi connectivity index (χ0n) is 22.7. The molecule has 0 saturated heterocycles. The monoisotopic (exact) mass is 559 g/mol. The van der Waals surface area contributed by atoms with Gasteiger partial charge in [0.25, 0.3) is 0 Å². The summed E-state index contributed by atoms with van der Waals surface area (Å²) in [5.41, 5.74) is 0.565. The molecule has 3 amide bonds. The van der Waals surface area contributed by atoms with E-state index < -0.39 is 35.2 Å². The molecule has 40 heavy (non-hydrogen) atoms. The van der Waals surface area contributed by atoms with Crippen molar-refractivity contribution in [3.63, 3.8) is 0 Å². The molecule has 0 aliphatic rings. The van der Waals surface area contributed by atoms with E-state index >= 15 is 0 Å². The topological polar surface area (TPSA) is 89.1 Å². The Morgan fingerprint density at radius 1 is 0.900 bits per heavy atom. The van der Waals surface area contributed by atoms with Crippen LogP contribution in [0.1, 0.15) is 31.9 Å². The molecule has 3 aromatic carbocycles. The Kier molecular flexibility index (Phi) is 10.2. The maximum Gasteiger partial charge on any atom is 0.407 e. The number of anilines is 1. The van der Waals surface area contributed by atoms with E-state index in [1.54, 1.807) is 39.0 Å². The van der Waals surface area contributed by atoms with Crippen molar-refractivity contribution in [2.75, 3.05) is 25.5 Å². The molecule has 0 fully saturated rings. The minimum Gasteiger partial charge on any atom is -0.493 e. The van der Waals surface area contributed by atoms with Crippen molar-refractivity contribution >= 4 is 17.8 Å². The van der Waals surface area contributed by atoms with Gasteiger partial charge in [0.05, 0.1) is 7.11 Å². The van der Waals surface area contributed by atoms with Crippen LogP contribution in [-0.2, 0) is 17.9 Å². The molecule has 0 bridgehead atoms. The number of amides is 3. The van der Waals surface area contributed by atoms with Gasteiger partial charge in [0.1, 0.15) is 29.7 Å². The van der Waals surface area contributed by atoms with Crippen molar-refractivity contribution in [1.82, 2.24) is 10.2 Å². The van der Waals surface area contributed by atoms with E-state index in [-0.39, 0.29) is 31.8 Å². The molecule has 0 heterocycles. The van der Waals surface area contributed by atoms with Crippen LogP contribution in [0.15, 0.2) is 60.7 Å². The number of methoxy groups -OCH3 is 1. The van der Waals surface area contributed by atoms with Gasteiger partial charge in [0.2, 0.25) is 0 Å². The molecule has 214 valence electrons. The summed E-state index contributed by atoms with van der Waals surface area (Å²) in [6.45, 7) is 5.42. The molecule has 0 atom stereocenters. The number of urea groups is 1. The summed E-state index contributed by atoms with van der Waals surface area (Å²) in [5, 5.41) is 5.33. The highest BCUT2D eigenvalue weighted by Crippen LogP contribution is 2.30. The van der Waals surface area contributed by atoms with Crippen molar-refractivity contribution in [3.05, 3.63) is 89.2 Å². The second kappa shape index (κ2) is 13.6. The summed E-state index contributed by atoms with van der Waals surface area (Å²) in [6, 6.07) is 13.0. The lowest BCUT2D eigenvalue weighted by Gasteiger charge is -2.25. The first-order valence-corrected chi connectivity index (χ1v) is 12.5. The number of halogens is 3. The summed E-state index contributed by atoms with van der Waals surface area (Å²) in [7, 11) is 1.44. The van der Waals surface area contributed by atoms with Crippen LogP contribution >= 0.6 is 0 Å². The Labute approximate surface area is 231 Å². The van der Waals surface area contributed by atoms with E-state index in [1.165, 1.54) is 42.3 Å². The maximum absolute atomic E-state index is 14.0. The third kappa shape index (κ3) is 9.40. The van der Waals surface area contributed by atoms with Gasteiger partial charge in [0, 0.05) is 37.0 Å². The van der Waals surface area contributed by atoms with Crippen LogP contribution < -0.4 is 20.1 Å². The predicted molar refractivity (Wildman–Crippen MR) is 144 cm³/mol. The molecule has 0 aromatic heterocycles. The van der Waals surface area contributed by atoms with Crippen molar-refractivity contribution < 1.29 is 37.0 Å². The van der Waals surface area contributed by atoms with Gasteiger partial charge in [0.15, 0.2) is 11.5 Å². The summed E-state index contributed by atoms with van der Waals surface area (Å²) in [6.07, 6.45) is -0.618. The Balaban J connectivity index is 1.72. The standard InChI is InChI=1S/C29H32F3N3O5/c1-29(2,3)40-28(37)33-13-14-35(27(36)34-23-10-8-21(30)9-11-23)17-19-5-12-25(26(15-19)38-4)39-18-20-6-7-22(31)16-24(20)32/h5-12,15-16H,13-14,17-18H2,1-4H3,(H,33,37)(H,34,36). The number of rotatable bonds is 10. The normalized spacial score (nSPS) is 11.0. The van der Waals surface area contributed by atoms with E-state index in [4.69, 9.17) is 14.2 Å². The highest BCUT2D eigenvalue weighted by atomic mass is 19.1. The van der Waals surface area contributed by atoms with Crippen LogP contribution in [0.4, 0.5) is 28.4 Å². The van der Waals surface area contributed by atoms with Gasteiger partial charge in [-0.05, 0) is 74.9 Å². The number of carbonyl (C=O) groups is 2. The number of hydrogen-bond donors (Lipinski definition) is 2. The second-order valence-corrected chi connectivity index (χ2v) is 9.80. The van der Waals surface area contributed by atoms with Gasteiger partial charge in [-0.2, -0.15) is 0 Å². The average molecular weight is 560 g/mol. The van der Waals surface area contributed by atoms with Crippen LogP contribution in [0.2, 0.25) is 0 Å². The maximum atomic E-state index is 14.0. The molecule has 0 spiro atoms. The number of alkyl carbamates (subject to hydrolysis) is 1. The fraction of sp³-hybridized carbons (Fsp3) is 0.310. The average Bonchev–Trinajstić information content (AvgIpc) is 2.88. The fourth-order valence-corrected chi connectivity index (χ4v) is 3.54. The smallest absolute Gasteiger partial charge is 0.407 e. The zero-order valence-corrected chi connectivity index (χ0v) is 22.7. The third-order valence-corrected chi connectivity index (χ3v) is 5.43. The van der Waals surface area contributed by atoms with Crippen molar-refractivity contribution in [1.29, 1.82) is 0 Å². The van der Waals surface area contributed by atoms with Crippen LogP contribution in [-0.4, -0.2) is 42.8 Å². The van der Waals surface area contributed by atoms with Gasteiger partial charge in [-0.1, -0.05) is 6.07 Å². The summed E-state index contributed by atoms with van der Waals surface area (Å²) >= 11 is 0. The molecule has 0 radical (unpaired) electrons. The SMILES string of the molecule is COc1cc(CN(CCNC(=O)OC(C)(C)C)C(=O)Nc2ccc(F)cc2)ccc1OCc1ccc(F)cc1F. The molecule has 2 N–H and O–H groups in total. The minimum absolute atomic E-state index is 0.104. The van der Waals surface area contributed by atoms with Gasteiger partial charge in [-0.3, -0.25) is 0 Å². The largest absolute Gasteiger partial charge is 0.493 e. The van der Waals surface area contributed by atoms with Crippen LogP contribution in [0.5, 0.6) is 11.5 Å². The third-order valence-electron chi connectivity index (χ3n) is 5.43.